The first-order chi connectivity index (χ1) is 10.1. The molecule has 2 N–H and O–H groups in total. The lowest BCUT2D eigenvalue weighted by Gasteiger charge is -2.37. The van der Waals surface area contributed by atoms with Crippen LogP contribution >= 0.6 is 0 Å². The van der Waals surface area contributed by atoms with Crippen molar-refractivity contribution in [3.63, 3.8) is 0 Å². The predicted molar refractivity (Wildman–Crippen MR) is 87.3 cm³/mol. The number of rotatable bonds is 7. The second-order valence-corrected chi connectivity index (χ2v) is 7.74. The standard InChI is InChI=1S/C18H35NO2/c1-13(2)17-9-8-14(3)10-18(17)21-12-16(20)11-19-15-6-4-5-7-15/h13-20H,4-12H2,1-3H3/t14-,16-,17+,18-/m1/s1. The van der Waals surface area contributed by atoms with E-state index >= 15 is 0 Å². The van der Waals surface area contributed by atoms with Crippen molar-refractivity contribution in [3.8, 4) is 0 Å². The highest BCUT2D eigenvalue weighted by Crippen LogP contribution is 2.35. The first-order valence-electron chi connectivity index (χ1n) is 9.09. The summed E-state index contributed by atoms with van der Waals surface area (Å²) in [6.45, 7) is 8.09. The Morgan fingerprint density at radius 3 is 2.52 bits per heavy atom. The zero-order valence-electron chi connectivity index (χ0n) is 14.2. The predicted octanol–water partition coefficient (Wildman–Crippen LogP) is 3.36. The van der Waals surface area contributed by atoms with Crippen LogP contribution in [-0.4, -0.2) is 36.5 Å². The molecule has 4 atom stereocenters. The van der Waals surface area contributed by atoms with Crippen LogP contribution in [0.4, 0.5) is 0 Å². The smallest absolute Gasteiger partial charge is 0.0897 e. The summed E-state index contributed by atoms with van der Waals surface area (Å²) in [6, 6.07) is 0.623. The highest BCUT2D eigenvalue weighted by atomic mass is 16.5. The molecule has 0 radical (unpaired) electrons. The summed E-state index contributed by atoms with van der Waals surface area (Å²) < 4.78 is 6.11. The average molecular weight is 297 g/mol. The summed E-state index contributed by atoms with van der Waals surface area (Å²) >= 11 is 0. The van der Waals surface area contributed by atoms with Gasteiger partial charge < -0.3 is 15.2 Å². The van der Waals surface area contributed by atoms with Gasteiger partial charge >= 0.3 is 0 Å². The van der Waals surface area contributed by atoms with Crippen molar-refractivity contribution in [1.29, 1.82) is 0 Å². The third-order valence-electron chi connectivity index (χ3n) is 5.46. The summed E-state index contributed by atoms with van der Waals surface area (Å²) in [5.41, 5.74) is 0. The third kappa shape index (κ3) is 5.54. The van der Waals surface area contributed by atoms with Crippen LogP contribution in [0.2, 0.25) is 0 Å². The highest BCUT2D eigenvalue weighted by molar-refractivity contribution is 4.82. The largest absolute Gasteiger partial charge is 0.389 e. The summed E-state index contributed by atoms with van der Waals surface area (Å²) in [6.07, 6.45) is 8.94. The van der Waals surface area contributed by atoms with Gasteiger partial charge in [0.2, 0.25) is 0 Å². The monoisotopic (exact) mass is 297 g/mol. The number of hydrogen-bond donors (Lipinski definition) is 2. The lowest BCUT2D eigenvalue weighted by Crippen LogP contribution is -2.39. The van der Waals surface area contributed by atoms with Crippen LogP contribution in [0.25, 0.3) is 0 Å². The normalized spacial score (nSPS) is 32.7. The molecule has 0 aliphatic heterocycles. The third-order valence-corrected chi connectivity index (χ3v) is 5.46. The van der Waals surface area contributed by atoms with Crippen molar-refractivity contribution < 1.29 is 9.84 Å². The van der Waals surface area contributed by atoms with Gasteiger partial charge in [0.15, 0.2) is 0 Å². The van der Waals surface area contributed by atoms with E-state index in [4.69, 9.17) is 4.74 Å². The Bertz CT molecular complexity index is 289. The first kappa shape index (κ1) is 17.2. The molecule has 0 bridgehead atoms. The van der Waals surface area contributed by atoms with E-state index in [0.717, 1.165) is 12.3 Å². The van der Waals surface area contributed by atoms with E-state index in [2.05, 4.69) is 26.1 Å². The fraction of sp³-hybridized carbons (Fsp3) is 1.00. The summed E-state index contributed by atoms with van der Waals surface area (Å²) in [4.78, 5) is 0. The second-order valence-electron chi connectivity index (χ2n) is 7.74. The van der Waals surface area contributed by atoms with Gasteiger partial charge in [-0.15, -0.1) is 0 Å². The molecule has 2 rings (SSSR count). The molecule has 0 aromatic carbocycles. The quantitative estimate of drug-likeness (QED) is 0.757. The molecule has 3 nitrogen and oxygen atoms in total. The van der Waals surface area contributed by atoms with Crippen molar-refractivity contribution in [2.24, 2.45) is 17.8 Å². The molecule has 21 heavy (non-hydrogen) atoms. The number of aliphatic hydroxyl groups is 1. The Kier molecular flexibility index (Phi) is 6.97. The molecule has 0 unspecified atom stereocenters. The minimum atomic E-state index is -0.365. The molecule has 2 saturated carbocycles. The maximum Gasteiger partial charge on any atom is 0.0897 e. The maximum atomic E-state index is 10.1. The van der Waals surface area contributed by atoms with Gasteiger partial charge in [0, 0.05) is 12.6 Å². The molecule has 0 heterocycles. The molecule has 0 saturated heterocycles. The topological polar surface area (TPSA) is 41.5 Å². The lowest BCUT2D eigenvalue weighted by atomic mass is 9.75. The average Bonchev–Trinajstić information content (AvgIpc) is 2.96. The molecule has 0 aromatic heterocycles. The van der Waals surface area contributed by atoms with Gasteiger partial charge in [0.1, 0.15) is 0 Å². The van der Waals surface area contributed by atoms with E-state index in [1.807, 2.05) is 0 Å². The van der Waals surface area contributed by atoms with Crippen molar-refractivity contribution in [3.05, 3.63) is 0 Å². The van der Waals surface area contributed by atoms with Crippen molar-refractivity contribution in [2.45, 2.75) is 84.0 Å². The summed E-state index contributed by atoms with van der Waals surface area (Å²) in [5, 5.41) is 13.6. The molecule has 124 valence electrons. The SMILES string of the molecule is CC(C)[C@@H]1CC[C@@H](C)C[C@H]1OC[C@H](O)CNC1CCCC1. The number of nitrogens with one attached hydrogen (secondary N) is 1. The Morgan fingerprint density at radius 2 is 1.86 bits per heavy atom. The van der Waals surface area contributed by atoms with Crippen LogP contribution in [0.3, 0.4) is 0 Å². The van der Waals surface area contributed by atoms with Crippen molar-refractivity contribution in [2.75, 3.05) is 13.2 Å². The molecule has 2 fully saturated rings. The van der Waals surface area contributed by atoms with E-state index < -0.39 is 0 Å². The Labute approximate surface area is 130 Å². The van der Waals surface area contributed by atoms with Crippen LogP contribution < -0.4 is 5.32 Å². The maximum absolute atomic E-state index is 10.1. The van der Waals surface area contributed by atoms with Crippen LogP contribution in [0, 0.1) is 17.8 Å². The van der Waals surface area contributed by atoms with Crippen LogP contribution in [0.5, 0.6) is 0 Å². The Balaban J connectivity index is 1.69. The summed E-state index contributed by atoms with van der Waals surface area (Å²) in [5.74, 6) is 2.10. The molecule has 2 aliphatic carbocycles. The zero-order valence-corrected chi connectivity index (χ0v) is 14.2. The van der Waals surface area contributed by atoms with Crippen LogP contribution in [-0.2, 0) is 4.74 Å². The van der Waals surface area contributed by atoms with E-state index in [-0.39, 0.29) is 6.10 Å². The fourth-order valence-corrected chi connectivity index (χ4v) is 4.03. The fourth-order valence-electron chi connectivity index (χ4n) is 4.03. The summed E-state index contributed by atoms with van der Waals surface area (Å²) in [7, 11) is 0. The van der Waals surface area contributed by atoms with E-state index in [1.165, 1.54) is 38.5 Å². The van der Waals surface area contributed by atoms with Gasteiger partial charge in [-0.3, -0.25) is 0 Å². The molecular weight excluding hydrogens is 262 g/mol. The molecular formula is C18H35NO2. The molecule has 0 aromatic rings. The van der Waals surface area contributed by atoms with Gasteiger partial charge in [-0.2, -0.15) is 0 Å². The van der Waals surface area contributed by atoms with Gasteiger partial charge in [-0.1, -0.05) is 40.0 Å². The lowest BCUT2D eigenvalue weighted by molar-refractivity contribution is -0.0685. The molecule has 0 spiro atoms. The minimum Gasteiger partial charge on any atom is -0.389 e. The highest BCUT2D eigenvalue weighted by Gasteiger charge is 2.31. The van der Waals surface area contributed by atoms with E-state index in [0.29, 0.717) is 37.1 Å². The Morgan fingerprint density at radius 1 is 1.14 bits per heavy atom. The van der Waals surface area contributed by atoms with Crippen molar-refractivity contribution in [1.82, 2.24) is 5.32 Å². The van der Waals surface area contributed by atoms with Gasteiger partial charge in [-0.05, 0) is 43.4 Å². The minimum absolute atomic E-state index is 0.342. The van der Waals surface area contributed by atoms with Crippen LogP contribution in [0.15, 0.2) is 0 Å². The molecule has 2 aliphatic rings. The molecule has 0 amide bonds. The van der Waals surface area contributed by atoms with E-state index in [1.54, 1.807) is 0 Å². The number of aliphatic hydroxyl groups excluding tert-OH is 1. The number of hydrogen-bond acceptors (Lipinski definition) is 3. The van der Waals surface area contributed by atoms with Gasteiger partial charge in [-0.25, -0.2) is 0 Å². The van der Waals surface area contributed by atoms with Gasteiger partial charge in [0.25, 0.3) is 0 Å². The first-order valence-corrected chi connectivity index (χ1v) is 9.09. The van der Waals surface area contributed by atoms with Crippen molar-refractivity contribution >= 4 is 0 Å². The van der Waals surface area contributed by atoms with Gasteiger partial charge in [0.05, 0.1) is 18.8 Å². The van der Waals surface area contributed by atoms with E-state index in [9.17, 15) is 5.11 Å². The second kappa shape index (κ2) is 8.50. The Hall–Kier alpha value is -0.120. The van der Waals surface area contributed by atoms with Crippen LogP contribution in [0.1, 0.15) is 65.7 Å². The molecule has 3 heteroatoms. The number of ether oxygens (including phenoxy) is 1. The zero-order chi connectivity index (χ0) is 15.2.